The molecule has 25 heavy (non-hydrogen) atoms. The van der Waals surface area contributed by atoms with Crippen LogP contribution in [0.25, 0.3) is 39.0 Å². The summed E-state index contributed by atoms with van der Waals surface area (Å²) in [4.78, 5) is 9.51. The lowest BCUT2D eigenvalue weighted by Crippen LogP contribution is -1.95. The Labute approximate surface area is 145 Å². The van der Waals surface area contributed by atoms with Gasteiger partial charge in [-0.3, -0.25) is 0 Å². The normalized spacial score (nSPS) is 11.2. The van der Waals surface area contributed by atoms with Crippen LogP contribution in [0.5, 0.6) is 0 Å². The molecule has 0 saturated heterocycles. The van der Waals surface area contributed by atoms with Gasteiger partial charge in [0, 0.05) is 16.6 Å². The summed E-state index contributed by atoms with van der Waals surface area (Å²) in [6.45, 7) is 0. The van der Waals surface area contributed by atoms with Crippen LogP contribution in [0.15, 0.2) is 91.1 Å². The number of para-hydroxylation sites is 2. The van der Waals surface area contributed by atoms with Gasteiger partial charge in [-0.2, -0.15) is 0 Å². The second kappa shape index (κ2) is 5.56. The summed E-state index contributed by atoms with van der Waals surface area (Å²) >= 11 is 0. The SMILES string of the molecule is c1ccc(-c2ncc3c(n2)c2ccccc2n3-c2ccccc2)cc1. The number of benzene rings is 3. The molecule has 2 heterocycles. The zero-order valence-corrected chi connectivity index (χ0v) is 13.5. The molecule has 0 unspecified atom stereocenters. The van der Waals surface area contributed by atoms with Crippen LogP contribution in [0.4, 0.5) is 0 Å². The third-order valence-corrected chi connectivity index (χ3v) is 4.46. The van der Waals surface area contributed by atoms with Gasteiger partial charge in [0.25, 0.3) is 0 Å². The predicted molar refractivity (Wildman–Crippen MR) is 102 cm³/mol. The smallest absolute Gasteiger partial charge is 0.159 e. The molecule has 5 rings (SSSR count). The number of hydrogen-bond donors (Lipinski definition) is 0. The fraction of sp³-hybridized carbons (Fsp3) is 0. The Morgan fingerprint density at radius 2 is 1.32 bits per heavy atom. The van der Waals surface area contributed by atoms with E-state index in [-0.39, 0.29) is 0 Å². The van der Waals surface area contributed by atoms with E-state index in [9.17, 15) is 0 Å². The standard InChI is InChI=1S/C22H15N3/c1-3-9-16(10-4-1)22-23-15-20-21(24-22)18-13-7-8-14-19(18)25(20)17-11-5-2-6-12-17/h1-15H. The van der Waals surface area contributed by atoms with Crippen LogP contribution in [0.3, 0.4) is 0 Å². The van der Waals surface area contributed by atoms with E-state index in [2.05, 4.69) is 58.1 Å². The van der Waals surface area contributed by atoms with Crippen LogP contribution >= 0.6 is 0 Å². The first-order chi connectivity index (χ1) is 12.4. The summed E-state index contributed by atoms with van der Waals surface area (Å²) in [5.74, 6) is 0.754. The van der Waals surface area contributed by atoms with Crippen LogP contribution < -0.4 is 0 Å². The molecule has 118 valence electrons. The molecule has 5 aromatic rings. The van der Waals surface area contributed by atoms with Crippen molar-refractivity contribution in [1.82, 2.24) is 14.5 Å². The first kappa shape index (κ1) is 13.9. The van der Waals surface area contributed by atoms with Crippen molar-refractivity contribution >= 4 is 21.9 Å². The van der Waals surface area contributed by atoms with Gasteiger partial charge in [0.1, 0.15) is 5.52 Å². The van der Waals surface area contributed by atoms with Gasteiger partial charge >= 0.3 is 0 Å². The van der Waals surface area contributed by atoms with Gasteiger partial charge in [-0.15, -0.1) is 0 Å². The molecule has 0 bridgehead atoms. The van der Waals surface area contributed by atoms with Crippen molar-refractivity contribution in [2.24, 2.45) is 0 Å². The lowest BCUT2D eigenvalue weighted by molar-refractivity contribution is 1.15. The van der Waals surface area contributed by atoms with Gasteiger partial charge in [0.05, 0.1) is 17.2 Å². The molecular formula is C22H15N3. The predicted octanol–water partition coefficient (Wildman–Crippen LogP) is 5.24. The van der Waals surface area contributed by atoms with Crippen molar-refractivity contribution in [1.29, 1.82) is 0 Å². The van der Waals surface area contributed by atoms with Crippen molar-refractivity contribution in [3.05, 3.63) is 91.1 Å². The largest absolute Gasteiger partial charge is 0.306 e. The topological polar surface area (TPSA) is 30.7 Å². The van der Waals surface area contributed by atoms with Gasteiger partial charge in [-0.1, -0.05) is 66.7 Å². The summed E-state index contributed by atoms with van der Waals surface area (Å²) in [6.07, 6.45) is 1.93. The van der Waals surface area contributed by atoms with Crippen LogP contribution in [0, 0.1) is 0 Å². The molecule has 0 aliphatic carbocycles. The molecular weight excluding hydrogens is 306 g/mol. The number of nitrogens with zero attached hydrogens (tertiary/aromatic N) is 3. The average molecular weight is 321 g/mol. The van der Waals surface area contributed by atoms with Crippen molar-refractivity contribution in [2.45, 2.75) is 0 Å². The number of fused-ring (bicyclic) bond motifs is 3. The van der Waals surface area contributed by atoms with E-state index < -0.39 is 0 Å². The maximum absolute atomic E-state index is 4.89. The Balaban J connectivity index is 1.86. The highest BCUT2D eigenvalue weighted by Gasteiger charge is 2.14. The molecule has 2 aromatic heterocycles. The van der Waals surface area contributed by atoms with Gasteiger partial charge < -0.3 is 4.57 Å². The average Bonchev–Trinajstić information content (AvgIpc) is 3.03. The molecule has 0 N–H and O–H groups in total. The highest BCUT2D eigenvalue weighted by atomic mass is 15.0. The highest BCUT2D eigenvalue weighted by molar-refractivity contribution is 6.07. The molecule has 0 spiro atoms. The summed E-state index contributed by atoms with van der Waals surface area (Å²) in [7, 11) is 0. The van der Waals surface area contributed by atoms with E-state index in [0.29, 0.717) is 0 Å². The lowest BCUT2D eigenvalue weighted by atomic mass is 10.2. The minimum Gasteiger partial charge on any atom is -0.306 e. The third kappa shape index (κ3) is 2.21. The second-order valence-corrected chi connectivity index (χ2v) is 5.98. The fourth-order valence-electron chi connectivity index (χ4n) is 3.32. The summed E-state index contributed by atoms with van der Waals surface area (Å²) in [6, 6.07) is 28.8. The maximum atomic E-state index is 4.89. The zero-order valence-electron chi connectivity index (χ0n) is 13.5. The quantitative estimate of drug-likeness (QED) is 0.445. The lowest BCUT2D eigenvalue weighted by Gasteiger charge is -2.07. The van der Waals surface area contributed by atoms with Crippen LogP contribution in [-0.2, 0) is 0 Å². The van der Waals surface area contributed by atoms with E-state index in [1.54, 1.807) is 0 Å². The van der Waals surface area contributed by atoms with Gasteiger partial charge in [0.2, 0.25) is 0 Å². The minimum atomic E-state index is 0.754. The molecule has 0 fully saturated rings. The van der Waals surface area contributed by atoms with Gasteiger partial charge in [-0.25, -0.2) is 9.97 Å². The Morgan fingerprint density at radius 1 is 0.640 bits per heavy atom. The molecule has 3 nitrogen and oxygen atoms in total. The third-order valence-electron chi connectivity index (χ3n) is 4.46. The Morgan fingerprint density at radius 3 is 2.12 bits per heavy atom. The molecule has 0 atom stereocenters. The molecule has 3 aromatic carbocycles. The molecule has 0 aliphatic rings. The number of aromatic nitrogens is 3. The van der Waals surface area contributed by atoms with E-state index >= 15 is 0 Å². The Bertz CT molecular complexity index is 1180. The minimum absolute atomic E-state index is 0.754. The number of rotatable bonds is 2. The highest BCUT2D eigenvalue weighted by Crippen LogP contribution is 2.31. The zero-order chi connectivity index (χ0) is 16.6. The van der Waals surface area contributed by atoms with Crippen molar-refractivity contribution in [3.63, 3.8) is 0 Å². The van der Waals surface area contributed by atoms with E-state index in [1.165, 1.54) is 0 Å². The van der Waals surface area contributed by atoms with Crippen molar-refractivity contribution in [2.75, 3.05) is 0 Å². The van der Waals surface area contributed by atoms with Crippen molar-refractivity contribution < 1.29 is 0 Å². The first-order valence-electron chi connectivity index (χ1n) is 8.29. The molecule has 3 heteroatoms. The fourth-order valence-corrected chi connectivity index (χ4v) is 3.32. The van der Waals surface area contributed by atoms with E-state index in [1.807, 2.05) is 42.6 Å². The van der Waals surface area contributed by atoms with E-state index in [0.717, 1.165) is 39.0 Å². The van der Waals surface area contributed by atoms with E-state index in [4.69, 9.17) is 4.98 Å². The summed E-state index contributed by atoms with van der Waals surface area (Å²) in [5, 5.41) is 1.14. The molecule has 0 amide bonds. The first-order valence-corrected chi connectivity index (χ1v) is 8.29. The molecule has 0 aliphatic heterocycles. The van der Waals surface area contributed by atoms with Crippen molar-refractivity contribution in [3.8, 4) is 17.1 Å². The summed E-state index contributed by atoms with van der Waals surface area (Å²) in [5.41, 5.74) is 5.29. The molecule has 0 saturated carbocycles. The number of hydrogen-bond acceptors (Lipinski definition) is 2. The van der Waals surface area contributed by atoms with Crippen LogP contribution in [0.1, 0.15) is 0 Å². The monoisotopic (exact) mass is 321 g/mol. The second-order valence-electron chi connectivity index (χ2n) is 5.98. The van der Waals surface area contributed by atoms with Crippen LogP contribution in [-0.4, -0.2) is 14.5 Å². The Kier molecular flexibility index (Phi) is 3.10. The maximum Gasteiger partial charge on any atom is 0.159 e. The van der Waals surface area contributed by atoms with Gasteiger partial charge in [0.15, 0.2) is 5.82 Å². The summed E-state index contributed by atoms with van der Waals surface area (Å²) < 4.78 is 2.22. The Hall–Kier alpha value is -3.46. The molecule has 0 radical (unpaired) electrons. The van der Waals surface area contributed by atoms with Gasteiger partial charge in [-0.05, 0) is 18.2 Å². The van der Waals surface area contributed by atoms with Crippen LogP contribution in [0.2, 0.25) is 0 Å².